The van der Waals surface area contributed by atoms with Crippen LogP contribution in [-0.4, -0.2) is 28.3 Å². The summed E-state index contributed by atoms with van der Waals surface area (Å²) in [6.07, 6.45) is 1.78. The van der Waals surface area contributed by atoms with Crippen molar-refractivity contribution in [3.05, 3.63) is 123 Å². The summed E-state index contributed by atoms with van der Waals surface area (Å²) in [6.45, 7) is 5.95. The first-order valence-electron chi connectivity index (χ1n) is 12.8. The highest BCUT2D eigenvalue weighted by Gasteiger charge is 2.22. The number of aryl methyl sites for hydroxylation is 1. The maximum atomic E-state index is 12.8. The summed E-state index contributed by atoms with van der Waals surface area (Å²) in [7, 11) is 0. The van der Waals surface area contributed by atoms with Gasteiger partial charge in [0, 0.05) is 34.5 Å². The van der Waals surface area contributed by atoms with Gasteiger partial charge in [0.2, 0.25) is 0 Å². The number of ether oxygens (including phenoxy) is 1. The summed E-state index contributed by atoms with van der Waals surface area (Å²) in [4.78, 5) is 29.5. The van der Waals surface area contributed by atoms with Crippen molar-refractivity contribution in [2.45, 2.75) is 20.8 Å². The fourth-order valence-corrected chi connectivity index (χ4v) is 5.59. The molecule has 40 heavy (non-hydrogen) atoms. The number of rotatable bonds is 8. The lowest BCUT2D eigenvalue weighted by Crippen LogP contribution is -2.05. The number of aromatic nitrogens is 1. The van der Waals surface area contributed by atoms with Crippen molar-refractivity contribution in [2.24, 2.45) is 4.99 Å². The summed E-state index contributed by atoms with van der Waals surface area (Å²) in [5.41, 5.74) is 6.70. The Kier molecular flexibility index (Phi) is 7.70. The van der Waals surface area contributed by atoms with Crippen LogP contribution in [-0.2, 0) is 4.74 Å². The van der Waals surface area contributed by atoms with Crippen molar-refractivity contribution in [1.29, 1.82) is 0 Å². The number of nitro benzene ring substituents is 1. The standard InChI is InChI=1S/C32H27N3O4S/c1-4-39-32(36)29-21(2)22(3)40-31(29)33-20-25-19-28(23-11-7-5-8-12-23)34(30(25)24-13-9-6-10-14-24)26-15-17-27(18-16-26)35(37)38/h5-20H,4H2,1-3H3. The highest BCUT2D eigenvalue weighted by Crippen LogP contribution is 2.38. The number of nitrogens with zero attached hydrogens (tertiary/aromatic N) is 3. The van der Waals surface area contributed by atoms with E-state index in [-0.39, 0.29) is 18.3 Å². The third-order valence-corrected chi connectivity index (χ3v) is 7.75. The van der Waals surface area contributed by atoms with E-state index in [2.05, 4.69) is 10.6 Å². The molecule has 8 heteroatoms. The van der Waals surface area contributed by atoms with Gasteiger partial charge in [-0.25, -0.2) is 9.79 Å². The minimum absolute atomic E-state index is 0.0233. The van der Waals surface area contributed by atoms with Crippen LogP contribution < -0.4 is 0 Å². The van der Waals surface area contributed by atoms with Crippen molar-refractivity contribution in [2.75, 3.05) is 6.61 Å². The Balaban J connectivity index is 1.75. The van der Waals surface area contributed by atoms with E-state index in [1.165, 1.54) is 23.5 Å². The largest absolute Gasteiger partial charge is 0.462 e. The molecule has 0 saturated carbocycles. The Bertz CT molecular complexity index is 1700. The Hall–Kier alpha value is -4.82. The second-order valence-corrected chi connectivity index (χ2v) is 10.3. The Labute approximate surface area is 236 Å². The van der Waals surface area contributed by atoms with E-state index in [4.69, 9.17) is 9.73 Å². The topological polar surface area (TPSA) is 86.7 Å². The van der Waals surface area contributed by atoms with Gasteiger partial charge in [-0.3, -0.25) is 10.1 Å². The minimum atomic E-state index is -0.403. The van der Waals surface area contributed by atoms with Gasteiger partial charge in [-0.2, -0.15) is 0 Å². The van der Waals surface area contributed by atoms with E-state index < -0.39 is 4.92 Å². The first kappa shape index (κ1) is 26.8. The molecule has 0 saturated heterocycles. The lowest BCUT2D eigenvalue weighted by Gasteiger charge is -2.15. The number of carbonyl (C=O) groups excluding carboxylic acids is 1. The molecule has 5 rings (SSSR count). The highest BCUT2D eigenvalue weighted by molar-refractivity contribution is 7.16. The zero-order chi connectivity index (χ0) is 28.2. The van der Waals surface area contributed by atoms with Crippen LogP contribution in [0, 0.1) is 24.0 Å². The molecule has 2 heterocycles. The van der Waals surface area contributed by atoms with E-state index in [1.54, 1.807) is 25.3 Å². The van der Waals surface area contributed by atoms with Gasteiger partial charge in [-0.05, 0) is 55.7 Å². The summed E-state index contributed by atoms with van der Waals surface area (Å²) in [6, 6.07) is 28.5. The molecule has 0 aliphatic rings. The summed E-state index contributed by atoms with van der Waals surface area (Å²) >= 11 is 1.45. The molecule has 0 radical (unpaired) electrons. The molecule has 0 amide bonds. The first-order valence-corrected chi connectivity index (χ1v) is 13.6. The normalized spacial score (nSPS) is 11.2. The van der Waals surface area contributed by atoms with Gasteiger partial charge < -0.3 is 9.30 Å². The van der Waals surface area contributed by atoms with E-state index >= 15 is 0 Å². The SMILES string of the molecule is CCOC(=O)c1c(N=Cc2cc(-c3ccccc3)n(-c3ccc([N+](=O)[O-])cc3)c2-c2ccccc2)sc(C)c1C. The number of hydrogen-bond acceptors (Lipinski definition) is 6. The van der Waals surface area contributed by atoms with Crippen LogP contribution in [0.4, 0.5) is 10.7 Å². The number of carbonyl (C=O) groups is 1. The second-order valence-electron chi connectivity index (χ2n) is 9.12. The molecule has 2 aromatic heterocycles. The number of hydrogen-bond donors (Lipinski definition) is 0. The molecule has 7 nitrogen and oxygen atoms in total. The van der Waals surface area contributed by atoms with Crippen LogP contribution >= 0.6 is 11.3 Å². The number of thiophene rings is 1. The van der Waals surface area contributed by atoms with Crippen molar-refractivity contribution < 1.29 is 14.5 Å². The third kappa shape index (κ3) is 5.21. The monoisotopic (exact) mass is 549 g/mol. The predicted octanol–water partition coefficient (Wildman–Crippen LogP) is 8.33. The van der Waals surface area contributed by atoms with Crippen molar-refractivity contribution in [3.63, 3.8) is 0 Å². The van der Waals surface area contributed by atoms with Gasteiger partial charge in [-0.15, -0.1) is 11.3 Å². The summed E-state index contributed by atoms with van der Waals surface area (Å²) in [5.74, 6) is -0.381. The predicted molar refractivity (Wildman–Crippen MR) is 160 cm³/mol. The molecule has 0 N–H and O–H groups in total. The van der Waals surface area contributed by atoms with Crippen molar-refractivity contribution >= 4 is 34.2 Å². The summed E-state index contributed by atoms with van der Waals surface area (Å²) < 4.78 is 7.41. The second kappa shape index (κ2) is 11.5. The zero-order valence-electron chi connectivity index (χ0n) is 22.3. The van der Waals surface area contributed by atoms with E-state index in [9.17, 15) is 14.9 Å². The van der Waals surface area contributed by atoms with Crippen LogP contribution in [0.1, 0.15) is 33.3 Å². The van der Waals surface area contributed by atoms with E-state index in [0.29, 0.717) is 10.6 Å². The molecule has 0 aliphatic carbocycles. The molecule has 3 aromatic carbocycles. The van der Waals surface area contributed by atoms with Crippen molar-refractivity contribution in [3.8, 4) is 28.2 Å². The molecule has 0 aliphatic heterocycles. The highest BCUT2D eigenvalue weighted by atomic mass is 32.1. The van der Waals surface area contributed by atoms with Crippen LogP contribution in [0.3, 0.4) is 0 Å². The number of nitro groups is 1. The molecule has 200 valence electrons. The molecule has 0 unspecified atom stereocenters. The van der Waals surface area contributed by atoms with E-state index in [1.807, 2.05) is 74.5 Å². The van der Waals surface area contributed by atoms with E-state index in [0.717, 1.165) is 44.2 Å². The molecule has 0 spiro atoms. The molecular weight excluding hydrogens is 522 g/mol. The lowest BCUT2D eigenvalue weighted by atomic mass is 10.1. The Morgan fingerprint density at radius 1 is 0.975 bits per heavy atom. The van der Waals surface area contributed by atoms with Crippen LogP contribution in [0.25, 0.3) is 28.2 Å². The Morgan fingerprint density at radius 3 is 2.20 bits per heavy atom. The average molecular weight is 550 g/mol. The molecular formula is C32H27N3O4S. The van der Waals surface area contributed by atoms with Gasteiger partial charge in [0.25, 0.3) is 5.69 Å². The fraction of sp³-hybridized carbons (Fsp3) is 0.125. The summed E-state index contributed by atoms with van der Waals surface area (Å²) in [5, 5.41) is 11.9. The number of benzene rings is 3. The zero-order valence-corrected chi connectivity index (χ0v) is 23.1. The minimum Gasteiger partial charge on any atom is -0.462 e. The fourth-order valence-electron chi connectivity index (χ4n) is 4.60. The maximum Gasteiger partial charge on any atom is 0.341 e. The number of esters is 1. The van der Waals surface area contributed by atoms with Crippen LogP contribution in [0.2, 0.25) is 0 Å². The average Bonchev–Trinajstić information content (AvgIpc) is 3.49. The van der Waals surface area contributed by atoms with Crippen LogP contribution in [0.15, 0.2) is 96.0 Å². The third-order valence-electron chi connectivity index (χ3n) is 6.63. The quantitative estimate of drug-likeness (QED) is 0.0843. The molecule has 0 fully saturated rings. The molecule has 5 aromatic rings. The van der Waals surface area contributed by atoms with Gasteiger partial charge in [0.1, 0.15) is 5.00 Å². The van der Waals surface area contributed by atoms with Crippen LogP contribution in [0.5, 0.6) is 0 Å². The molecule has 0 atom stereocenters. The van der Waals surface area contributed by atoms with Gasteiger partial charge in [0.05, 0.1) is 28.5 Å². The van der Waals surface area contributed by atoms with Gasteiger partial charge >= 0.3 is 5.97 Å². The number of non-ortho nitro benzene ring substituents is 1. The molecule has 0 bridgehead atoms. The maximum absolute atomic E-state index is 12.8. The van der Waals surface area contributed by atoms with Gasteiger partial charge in [-0.1, -0.05) is 60.7 Å². The van der Waals surface area contributed by atoms with Crippen molar-refractivity contribution in [1.82, 2.24) is 4.57 Å². The smallest absolute Gasteiger partial charge is 0.341 e. The Morgan fingerprint density at radius 2 is 1.60 bits per heavy atom. The lowest BCUT2D eigenvalue weighted by molar-refractivity contribution is -0.384. The first-order chi connectivity index (χ1) is 19.4. The van der Waals surface area contributed by atoms with Gasteiger partial charge in [0.15, 0.2) is 0 Å². The number of aliphatic imine (C=N–C) groups is 1.